The maximum Gasteiger partial charge on any atom is 0.410 e. The van der Waals surface area contributed by atoms with Crippen molar-refractivity contribution in [1.82, 2.24) is 5.32 Å². The lowest BCUT2D eigenvalue weighted by Gasteiger charge is -2.20. The maximum absolute atomic E-state index is 12.1. The first-order valence-corrected chi connectivity index (χ1v) is 8.58. The zero-order valence-corrected chi connectivity index (χ0v) is 16.7. The molecule has 0 bridgehead atoms. The molecule has 0 heterocycles. The van der Waals surface area contributed by atoms with E-state index in [9.17, 15) is 19.2 Å². The number of nitrogens with zero attached hydrogens (tertiary/aromatic N) is 1. The summed E-state index contributed by atoms with van der Waals surface area (Å²) in [6.45, 7) is 9.08. The van der Waals surface area contributed by atoms with Crippen LogP contribution in [0.25, 0.3) is 0 Å². The Morgan fingerprint density at radius 2 is 1.67 bits per heavy atom. The number of rotatable bonds is 10. The van der Waals surface area contributed by atoms with E-state index >= 15 is 0 Å². The number of carbonyl (C=O) groups is 4. The molecule has 0 aromatic heterocycles. The van der Waals surface area contributed by atoms with Crippen LogP contribution in [0.2, 0.25) is 0 Å². The second-order valence-electron chi connectivity index (χ2n) is 7.22. The van der Waals surface area contributed by atoms with Crippen LogP contribution in [-0.2, 0) is 28.6 Å². The summed E-state index contributed by atoms with van der Waals surface area (Å²) < 4.78 is 14.6. The predicted octanol–water partition coefficient (Wildman–Crippen LogP) is 2.35. The van der Waals surface area contributed by atoms with Gasteiger partial charge in [0.2, 0.25) is 6.79 Å². The van der Waals surface area contributed by atoms with E-state index in [0.29, 0.717) is 0 Å². The number of alkyl carbamates (subject to hydrolysis) is 1. The van der Waals surface area contributed by atoms with E-state index in [1.165, 1.54) is 6.92 Å². The average Bonchev–Trinajstić information content (AvgIpc) is 2.55. The number of nitrogens with one attached hydrogen (secondary N) is 2. The van der Waals surface area contributed by atoms with Gasteiger partial charge in [0, 0.05) is 6.42 Å². The maximum atomic E-state index is 12.1. The Bertz CT molecular complexity index is 555. The topological polar surface area (TPSA) is 144 Å². The fourth-order valence-electron chi connectivity index (χ4n) is 1.67. The highest BCUT2D eigenvalue weighted by atomic mass is 16.7. The van der Waals surface area contributed by atoms with Crippen LogP contribution in [0, 0.1) is 10.9 Å². The molecule has 0 aromatic rings. The van der Waals surface area contributed by atoms with E-state index in [-0.39, 0.29) is 18.6 Å². The van der Waals surface area contributed by atoms with Crippen LogP contribution in [0.1, 0.15) is 54.4 Å². The Labute approximate surface area is 158 Å². The second kappa shape index (κ2) is 11.2. The molecule has 0 aliphatic carbocycles. The Hall–Kier alpha value is -2.52. The molecule has 0 fully saturated rings. The number of hydrogen-bond donors (Lipinski definition) is 2. The molecule has 1 amide bonds. The van der Waals surface area contributed by atoms with Crippen molar-refractivity contribution in [2.75, 3.05) is 6.79 Å². The normalized spacial score (nSPS) is 13.3. The molecule has 0 saturated heterocycles. The van der Waals surface area contributed by atoms with Crippen molar-refractivity contribution in [3.05, 3.63) is 0 Å². The van der Waals surface area contributed by atoms with Crippen LogP contribution < -0.4 is 5.32 Å². The molecule has 0 rings (SSSR count). The smallest absolute Gasteiger partial charge is 0.410 e. The average molecular weight is 387 g/mol. The van der Waals surface area contributed by atoms with Gasteiger partial charge in [0.25, 0.3) is 0 Å². The molecule has 2 N–H and O–H groups in total. The van der Waals surface area contributed by atoms with Gasteiger partial charge in [0.1, 0.15) is 12.1 Å². The molecular formula is C17H29N3O7. The van der Waals surface area contributed by atoms with E-state index in [0.717, 1.165) is 0 Å². The highest BCUT2D eigenvalue weighted by molar-refractivity contribution is 5.86. The minimum atomic E-state index is -1.12. The Morgan fingerprint density at radius 1 is 1.07 bits per heavy atom. The van der Waals surface area contributed by atoms with Crippen LogP contribution in [0.4, 0.5) is 4.79 Å². The number of amides is 1. The first-order chi connectivity index (χ1) is 12.4. The Morgan fingerprint density at radius 3 is 2.15 bits per heavy atom. The van der Waals surface area contributed by atoms with Crippen LogP contribution in [0.15, 0.2) is 5.11 Å². The molecule has 0 saturated carbocycles. The number of carbonyl (C=O) groups excluding carboxylic acids is 4. The molecule has 0 spiro atoms. The van der Waals surface area contributed by atoms with Gasteiger partial charge in [-0.15, -0.1) is 0 Å². The van der Waals surface area contributed by atoms with Crippen molar-refractivity contribution in [2.45, 2.75) is 72.6 Å². The molecule has 0 radical (unpaired) electrons. The van der Waals surface area contributed by atoms with Gasteiger partial charge < -0.3 is 19.5 Å². The van der Waals surface area contributed by atoms with Gasteiger partial charge in [0.05, 0.1) is 11.5 Å². The molecule has 1 unspecified atom stereocenters. The lowest BCUT2D eigenvalue weighted by molar-refractivity contribution is -0.161. The van der Waals surface area contributed by atoms with E-state index in [4.69, 9.17) is 19.7 Å². The first kappa shape index (κ1) is 24.5. The van der Waals surface area contributed by atoms with Crippen molar-refractivity contribution < 1.29 is 33.4 Å². The quantitative estimate of drug-likeness (QED) is 0.332. The monoisotopic (exact) mass is 387 g/mol. The van der Waals surface area contributed by atoms with Crippen LogP contribution in [0.5, 0.6) is 0 Å². The number of ether oxygens (including phenoxy) is 3. The summed E-state index contributed by atoms with van der Waals surface area (Å²) in [6.07, 6.45) is -1.53. The second-order valence-corrected chi connectivity index (χ2v) is 7.22. The van der Waals surface area contributed by atoms with Gasteiger partial charge in [-0.2, -0.15) is 5.11 Å². The highest BCUT2D eigenvalue weighted by Crippen LogP contribution is 2.15. The number of esters is 2. The molecule has 10 nitrogen and oxygen atoms in total. The minimum Gasteiger partial charge on any atom is -0.461 e. The Balaban J connectivity index is 4.71. The van der Waals surface area contributed by atoms with Crippen LogP contribution >= 0.6 is 0 Å². The van der Waals surface area contributed by atoms with Crippen molar-refractivity contribution >= 4 is 23.8 Å². The lowest BCUT2D eigenvalue weighted by Crippen LogP contribution is -2.43. The summed E-state index contributed by atoms with van der Waals surface area (Å²) in [5.74, 6) is -1.62. The molecular weight excluding hydrogens is 358 g/mol. The molecule has 0 aromatic carbocycles. The third kappa shape index (κ3) is 10.3. The summed E-state index contributed by atoms with van der Waals surface area (Å²) >= 11 is 0. The Kier molecular flexibility index (Phi) is 10.2. The van der Waals surface area contributed by atoms with Gasteiger partial charge in [0.15, 0.2) is 5.78 Å². The van der Waals surface area contributed by atoms with Gasteiger partial charge in [-0.3, -0.25) is 9.59 Å². The van der Waals surface area contributed by atoms with E-state index in [2.05, 4.69) is 10.4 Å². The third-order valence-corrected chi connectivity index (χ3v) is 3.26. The number of ketones is 1. The predicted molar refractivity (Wildman–Crippen MR) is 93.9 cm³/mol. The molecule has 27 heavy (non-hydrogen) atoms. The van der Waals surface area contributed by atoms with Crippen LogP contribution in [0.3, 0.4) is 0 Å². The lowest BCUT2D eigenvalue weighted by atomic mass is 9.98. The largest absolute Gasteiger partial charge is 0.461 e. The van der Waals surface area contributed by atoms with Gasteiger partial charge in [-0.25, -0.2) is 15.1 Å². The van der Waals surface area contributed by atoms with Crippen LogP contribution in [-0.4, -0.2) is 48.8 Å². The van der Waals surface area contributed by atoms with Crippen molar-refractivity contribution in [3.8, 4) is 0 Å². The molecule has 0 aliphatic heterocycles. The molecule has 10 heteroatoms. The van der Waals surface area contributed by atoms with E-state index in [1.54, 1.807) is 34.6 Å². The standard InChI is InChI=1S/C17H29N3O7/c1-10(2)27-14(22)12(7-8-13(21)11(3)20-18)19-16(24)26-9-25-15(23)17(4,5)6/h10-12,18H,7-9H2,1-6H3,(H,19,24)/t11?,12-/m0/s1. The third-order valence-electron chi connectivity index (χ3n) is 3.26. The highest BCUT2D eigenvalue weighted by Gasteiger charge is 2.27. The summed E-state index contributed by atoms with van der Waals surface area (Å²) in [4.78, 5) is 47.3. The van der Waals surface area contributed by atoms with Gasteiger partial charge >= 0.3 is 18.0 Å². The number of Topliss-reactive ketones (excluding diaryl/α,β-unsaturated/α-hetero) is 1. The fraction of sp³-hybridized carbons (Fsp3) is 0.765. The summed E-state index contributed by atoms with van der Waals surface area (Å²) in [5.41, 5.74) is 6.10. The zero-order chi connectivity index (χ0) is 21.2. The SMILES string of the molecule is CC(C)OC(=O)[C@H](CCC(=O)C(C)N=N)NC(=O)OCOC(=O)C(C)(C)C. The fourth-order valence-corrected chi connectivity index (χ4v) is 1.67. The van der Waals surface area contributed by atoms with Crippen molar-refractivity contribution in [3.63, 3.8) is 0 Å². The first-order valence-electron chi connectivity index (χ1n) is 8.58. The van der Waals surface area contributed by atoms with Gasteiger partial charge in [-0.1, -0.05) is 0 Å². The number of hydrogen-bond acceptors (Lipinski definition) is 9. The van der Waals surface area contributed by atoms with E-state index in [1.807, 2.05) is 0 Å². The molecule has 2 atom stereocenters. The summed E-state index contributed by atoms with van der Waals surface area (Å²) in [5, 5.41) is 5.41. The minimum absolute atomic E-state index is 0.0406. The molecule has 0 aliphatic rings. The van der Waals surface area contributed by atoms with Crippen molar-refractivity contribution in [1.29, 1.82) is 5.53 Å². The zero-order valence-electron chi connectivity index (χ0n) is 16.7. The van der Waals surface area contributed by atoms with Crippen molar-refractivity contribution in [2.24, 2.45) is 10.5 Å². The summed E-state index contributed by atoms with van der Waals surface area (Å²) in [6, 6.07) is -1.95. The van der Waals surface area contributed by atoms with Gasteiger partial charge in [-0.05, 0) is 48.0 Å². The summed E-state index contributed by atoms with van der Waals surface area (Å²) in [7, 11) is 0. The molecule has 154 valence electrons. The van der Waals surface area contributed by atoms with E-state index < -0.39 is 48.4 Å².